The van der Waals surface area contributed by atoms with E-state index in [1.165, 1.54) is 0 Å². The molecule has 5 heteroatoms. The van der Waals surface area contributed by atoms with Gasteiger partial charge >= 0.3 is 6.01 Å². The molecule has 0 fully saturated rings. The van der Waals surface area contributed by atoms with Crippen LogP contribution in [-0.4, -0.2) is 16.0 Å². The van der Waals surface area contributed by atoms with Gasteiger partial charge in [-0.15, -0.1) is 0 Å². The minimum Gasteiger partial charge on any atom is -0.424 e. The monoisotopic (exact) mass is 305 g/mol. The van der Waals surface area contributed by atoms with E-state index in [-0.39, 0.29) is 0 Å². The average molecular weight is 306 g/mol. The molecule has 21 heavy (non-hydrogen) atoms. The summed E-state index contributed by atoms with van der Waals surface area (Å²) in [5.41, 5.74) is 2.94. The lowest BCUT2D eigenvalue weighted by atomic mass is 10.2. The molecule has 0 aliphatic rings. The van der Waals surface area contributed by atoms with Gasteiger partial charge in [-0.2, -0.15) is 4.98 Å². The van der Waals surface area contributed by atoms with Gasteiger partial charge in [0, 0.05) is 35.1 Å². The number of benzene rings is 1. The van der Waals surface area contributed by atoms with Gasteiger partial charge in [0.15, 0.2) is 0 Å². The van der Waals surface area contributed by atoms with Gasteiger partial charge in [-0.05, 0) is 37.6 Å². The highest BCUT2D eigenvalue weighted by molar-refractivity contribution is 6.30. The van der Waals surface area contributed by atoms with Gasteiger partial charge in [0.2, 0.25) is 0 Å². The van der Waals surface area contributed by atoms with Crippen molar-refractivity contribution in [2.24, 2.45) is 0 Å². The molecule has 1 aromatic heterocycles. The first-order valence-corrected chi connectivity index (χ1v) is 7.33. The molecule has 1 N–H and O–H groups in total. The van der Waals surface area contributed by atoms with E-state index in [1.807, 2.05) is 26.0 Å². The van der Waals surface area contributed by atoms with Crippen LogP contribution in [0.4, 0.5) is 0 Å². The van der Waals surface area contributed by atoms with E-state index < -0.39 is 0 Å². The number of aromatic nitrogens is 2. The molecule has 0 aliphatic heterocycles. The number of hydrogen-bond donors (Lipinski definition) is 1. The molecule has 2 rings (SSSR count). The molecule has 0 radical (unpaired) electrons. The second-order valence-corrected chi connectivity index (χ2v) is 5.75. The van der Waals surface area contributed by atoms with Crippen LogP contribution < -0.4 is 10.1 Å². The van der Waals surface area contributed by atoms with Crippen LogP contribution in [0.3, 0.4) is 0 Å². The molecule has 0 saturated carbocycles. The standard InChI is InChI=1S/C16H20ClN3O/c1-10(2)18-8-13-9-19-16(20-12(13)4)21-15-6-5-14(17)7-11(15)3/h5-7,9-10,18H,8H2,1-4H3. The Morgan fingerprint density at radius 2 is 2.05 bits per heavy atom. The quantitative estimate of drug-likeness (QED) is 0.905. The third kappa shape index (κ3) is 4.41. The first-order chi connectivity index (χ1) is 9.95. The zero-order chi connectivity index (χ0) is 15.4. The normalized spacial score (nSPS) is 11.0. The zero-order valence-electron chi connectivity index (χ0n) is 12.8. The van der Waals surface area contributed by atoms with Gasteiger partial charge in [-0.1, -0.05) is 25.4 Å². The summed E-state index contributed by atoms with van der Waals surface area (Å²) in [4.78, 5) is 8.67. The van der Waals surface area contributed by atoms with Gasteiger partial charge in [-0.25, -0.2) is 4.98 Å². The topological polar surface area (TPSA) is 47.0 Å². The van der Waals surface area contributed by atoms with Gasteiger partial charge in [0.1, 0.15) is 5.75 Å². The Morgan fingerprint density at radius 1 is 1.29 bits per heavy atom. The van der Waals surface area contributed by atoms with Crippen LogP contribution in [0.15, 0.2) is 24.4 Å². The molecule has 1 aromatic carbocycles. The van der Waals surface area contributed by atoms with Crippen molar-refractivity contribution in [2.45, 2.75) is 40.3 Å². The summed E-state index contributed by atoms with van der Waals surface area (Å²) in [6.45, 7) is 8.87. The van der Waals surface area contributed by atoms with Crippen molar-refractivity contribution in [3.63, 3.8) is 0 Å². The van der Waals surface area contributed by atoms with Crippen molar-refractivity contribution in [3.8, 4) is 11.8 Å². The van der Waals surface area contributed by atoms with Crippen molar-refractivity contribution in [2.75, 3.05) is 0 Å². The SMILES string of the molecule is Cc1cc(Cl)ccc1Oc1ncc(CNC(C)C)c(C)n1. The summed E-state index contributed by atoms with van der Waals surface area (Å²) in [5.74, 6) is 0.715. The molecule has 0 unspecified atom stereocenters. The Morgan fingerprint density at radius 3 is 2.67 bits per heavy atom. The van der Waals surface area contributed by atoms with Gasteiger partial charge in [-0.3, -0.25) is 0 Å². The molecule has 1 heterocycles. The van der Waals surface area contributed by atoms with E-state index in [1.54, 1.807) is 12.3 Å². The van der Waals surface area contributed by atoms with Crippen molar-refractivity contribution >= 4 is 11.6 Å². The van der Waals surface area contributed by atoms with E-state index in [2.05, 4.69) is 29.1 Å². The molecular weight excluding hydrogens is 286 g/mol. The second-order valence-electron chi connectivity index (χ2n) is 5.31. The predicted molar refractivity (Wildman–Crippen MR) is 85.0 cm³/mol. The number of aryl methyl sites for hydroxylation is 2. The van der Waals surface area contributed by atoms with Crippen molar-refractivity contribution in [1.29, 1.82) is 0 Å². The molecule has 0 aliphatic carbocycles. The van der Waals surface area contributed by atoms with E-state index in [0.29, 0.717) is 22.8 Å². The smallest absolute Gasteiger partial charge is 0.322 e. The lowest BCUT2D eigenvalue weighted by molar-refractivity contribution is 0.435. The summed E-state index contributed by atoms with van der Waals surface area (Å²) >= 11 is 5.93. The summed E-state index contributed by atoms with van der Waals surface area (Å²) in [6.07, 6.45) is 1.80. The molecule has 4 nitrogen and oxygen atoms in total. The maximum Gasteiger partial charge on any atom is 0.322 e. The highest BCUT2D eigenvalue weighted by Gasteiger charge is 2.08. The molecule has 0 atom stereocenters. The molecular formula is C16H20ClN3O. The summed E-state index contributed by atoms with van der Waals surface area (Å²) < 4.78 is 5.72. The van der Waals surface area contributed by atoms with E-state index in [4.69, 9.17) is 16.3 Å². The largest absolute Gasteiger partial charge is 0.424 e. The van der Waals surface area contributed by atoms with Crippen LogP contribution in [0.5, 0.6) is 11.8 Å². The number of nitrogens with zero attached hydrogens (tertiary/aromatic N) is 2. The Hall–Kier alpha value is -1.65. The molecule has 2 aromatic rings. The molecule has 0 bridgehead atoms. The summed E-state index contributed by atoms with van der Waals surface area (Å²) in [7, 11) is 0. The van der Waals surface area contributed by atoms with Gasteiger partial charge in [0.25, 0.3) is 0 Å². The van der Waals surface area contributed by atoms with Crippen LogP contribution in [0.2, 0.25) is 5.02 Å². The van der Waals surface area contributed by atoms with Crippen LogP contribution in [0.25, 0.3) is 0 Å². The maximum atomic E-state index is 5.93. The van der Waals surface area contributed by atoms with Crippen LogP contribution >= 0.6 is 11.6 Å². The fourth-order valence-corrected chi connectivity index (χ4v) is 2.06. The molecule has 0 saturated heterocycles. The van der Waals surface area contributed by atoms with E-state index >= 15 is 0 Å². The Bertz CT molecular complexity index is 629. The second kappa shape index (κ2) is 6.87. The lowest BCUT2D eigenvalue weighted by Gasteiger charge is -2.11. The minimum atomic E-state index is 0.353. The average Bonchev–Trinajstić information content (AvgIpc) is 2.41. The first kappa shape index (κ1) is 15.7. The van der Waals surface area contributed by atoms with Gasteiger partial charge in [0.05, 0.1) is 0 Å². The number of rotatable bonds is 5. The Kier molecular flexibility index (Phi) is 5.15. The molecule has 0 spiro atoms. The predicted octanol–water partition coefficient (Wildman–Crippen LogP) is 4.04. The Balaban J connectivity index is 2.12. The Labute approximate surface area is 130 Å². The number of nitrogens with one attached hydrogen (secondary N) is 1. The van der Waals surface area contributed by atoms with Crippen LogP contribution in [0, 0.1) is 13.8 Å². The highest BCUT2D eigenvalue weighted by atomic mass is 35.5. The van der Waals surface area contributed by atoms with Crippen molar-refractivity contribution in [1.82, 2.24) is 15.3 Å². The van der Waals surface area contributed by atoms with E-state index in [9.17, 15) is 0 Å². The molecule has 112 valence electrons. The first-order valence-electron chi connectivity index (χ1n) is 6.95. The maximum absolute atomic E-state index is 5.93. The lowest BCUT2D eigenvalue weighted by Crippen LogP contribution is -2.22. The minimum absolute atomic E-state index is 0.353. The van der Waals surface area contributed by atoms with Crippen molar-refractivity contribution < 1.29 is 4.74 Å². The van der Waals surface area contributed by atoms with Crippen LogP contribution in [-0.2, 0) is 6.54 Å². The fourth-order valence-electron chi connectivity index (χ4n) is 1.83. The fraction of sp³-hybridized carbons (Fsp3) is 0.375. The van der Waals surface area contributed by atoms with Crippen molar-refractivity contribution in [3.05, 3.63) is 46.2 Å². The summed E-state index contributed by atoms with van der Waals surface area (Å²) in [5, 5.41) is 4.04. The van der Waals surface area contributed by atoms with Gasteiger partial charge < -0.3 is 10.1 Å². The zero-order valence-corrected chi connectivity index (χ0v) is 13.5. The third-order valence-corrected chi connectivity index (χ3v) is 3.33. The van der Waals surface area contributed by atoms with Crippen LogP contribution in [0.1, 0.15) is 30.7 Å². The molecule has 0 amide bonds. The number of ether oxygens (including phenoxy) is 1. The van der Waals surface area contributed by atoms with E-state index in [0.717, 1.165) is 23.4 Å². The number of halogens is 1. The number of hydrogen-bond acceptors (Lipinski definition) is 4. The summed E-state index contributed by atoms with van der Waals surface area (Å²) in [6, 6.07) is 6.25. The highest BCUT2D eigenvalue weighted by Crippen LogP contribution is 2.25. The third-order valence-electron chi connectivity index (χ3n) is 3.10.